The number of hydrogen-bond donors (Lipinski definition) is 1. The van der Waals surface area contributed by atoms with Gasteiger partial charge < -0.3 is 10.2 Å². The van der Waals surface area contributed by atoms with Crippen molar-refractivity contribution in [3.05, 3.63) is 50.6 Å². The first-order chi connectivity index (χ1) is 10.2. The fraction of sp³-hybridized carbons (Fsp3) is 0.412. The Balaban J connectivity index is 1.95. The molecular weight excluding hydrogens is 344 g/mol. The maximum absolute atomic E-state index is 3.61. The summed E-state index contributed by atoms with van der Waals surface area (Å²) in [6.45, 7) is 3.24. The van der Waals surface area contributed by atoms with Gasteiger partial charge in [0.15, 0.2) is 0 Å². The second kappa shape index (κ2) is 6.51. The minimum atomic E-state index is 0.348. The van der Waals surface area contributed by atoms with Crippen LogP contribution in [0.25, 0.3) is 0 Å². The van der Waals surface area contributed by atoms with Gasteiger partial charge in [0.25, 0.3) is 0 Å². The van der Waals surface area contributed by atoms with Crippen LogP contribution in [0.5, 0.6) is 0 Å². The highest BCUT2D eigenvalue weighted by Crippen LogP contribution is 2.38. The molecule has 4 heteroatoms. The molecule has 0 amide bonds. The molecule has 1 fully saturated rings. The number of halogens is 1. The van der Waals surface area contributed by atoms with Gasteiger partial charge in [-0.05, 0) is 73.0 Å². The first kappa shape index (κ1) is 15.1. The van der Waals surface area contributed by atoms with Crippen molar-refractivity contribution in [2.75, 3.05) is 11.9 Å². The van der Waals surface area contributed by atoms with Crippen LogP contribution in [-0.2, 0) is 6.54 Å². The summed E-state index contributed by atoms with van der Waals surface area (Å²) in [5.41, 5.74) is 4.15. The van der Waals surface area contributed by atoms with Crippen LogP contribution >= 0.6 is 27.3 Å². The smallest absolute Gasteiger partial charge is 0.0440 e. The predicted octanol–water partition coefficient (Wildman–Crippen LogP) is 4.96. The van der Waals surface area contributed by atoms with Gasteiger partial charge in [-0.2, -0.15) is 11.3 Å². The molecule has 1 aliphatic carbocycles. The highest BCUT2D eigenvalue weighted by atomic mass is 79.9. The predicted molar refractivity (Wildman–Crippen MR) is 95.1 cm³/mol. The van der Waals surface area contributed by atoms with Crippen LogP contribution in [0.15, 0.2) is 39.5 Å². The first-order valence-electron chi connectivity index (χ1n) is 7.43. The van der Waals surface area contributed by atoms with Crippen molar-refractivity contribution in [2.24, 2.45) is 0 Å². The molecule has 1 aromatic heterocycles. The molecule has 0 spiro atoms. The van der Waals surface area contributed by atoms with E-state index >= 15 is 0 Å². The quantitative estimate of drug-likeness (QED) is 0.778. The maximum Gasteiger partial charge on any atom is 0.0440 e. The van der Waals surface area contributed by atoms with Crippen molar-refractivity contribution in [2.45, 2.75) is 38.4 Å². The average Bonchev–Trinajstić information content (AvgIpc) is 3.21. The standard InChI is InChI=1S/C17H21BrN2S/c1-12(19-2)16-9-14(18)3-6-17(16)20(15-4-5-15)10-13-7-8-21-11-13/h3,6-9,11-12,15,19H,4-5,10H2,1-2H3. The first-order valence-corrected chi connectivity index (χ1v) is 9.17. The molecule has 21 heavy (non-hydrogen) atoms. The summed E-state index contributed by atoms with van der Waals surface area (Å²) in [6, 6.07) is 9.96. The molecule has 1 atom stereocenters. The largest absolute Gasteiger partial charge is 0.364 e. The molecule has 1 aliphatic rings. The molecule has 1 heterocycles. The number of rotatable bonds is 6. The van der Waals surface area contributed by atoms with Gasteiger partial charge in [-0.15, -0.1) is 0 Å². The van der Waals surface area contributed by atoms with Gasteiger partial charge >= 0.3 is 0 Å². The fourth-order valence-corrected chi connectivity index (χ4v) is 3.70. The van der Waals surface area contributed by atoms with Gasteiger partial charge in [-0.3, -0.25) is 0 Å². The molecule has 1 unspecified atom stereocenters. The fourth-order valence-electron chi connectivity index (χ4n) is 2.67. The summed E-state index contributed by atoms with van der Waals surface area (Å²) in [6.07, 6.45) is 2.63. The number of nitrogens with zero attached hydrogens (tertiary/aromatic N) is 1. The van der Waals surface area contributed by atoms with Gasteiger partial charge in [-0.25, -0.2) is 0 Å². The molecule has 2 aromatic rings. The molecule has 2 nitrogen and oxygen atoms in total. The Morgan fingerprint density at radius 3 is 2.81 bits per heavy atom. The molecular formula is C17H21BrN2S. The summed E-state index contributed by atoms with van der Waals surface area (Å²) in [5, 5.41) is 7.80. The monoisotopic (exact) mass is 364 g/mol. The molecule has 0 bridgehead atoms. The van der Waals surface area contributed by atoms with Crippen LogP contribution in [-0.4, -0.2) is 13.1 Å². The molecule has 0 aliphatic heterocycles. The van der Waals surface area contributed by atoms with E-state index in [2.05, 4.69) is 68.1 Å². The van der Waals surface area contributed by atoms with E-state index in [9.17, 15) is 0 Å². The van der Waals surface area contributed by atoms with Gasteiger partial charge in [0, 0.05) is 28.8 Å². The third-order valence-electron chi connectivity index (χ3n) is 4.12. The highest BCUT2D eigenvalue weighted by Gasteiger charge is 2.31. The lowest BCUT2D eigenvalue weighted by atomic mass is 10.0. The zero-order valence-corrected chi connectivity index (χ0v) is 14.9. The normalized spacial score (nSPS) is 16.0. The van der Waals surface area contributed by atoms with Crippen LogP contribution in [0.1, 0.15) is 36.9 Å². The van der Waals surface area contributed by atoms with E-state index in [0.29, 0.717) is 12.1 Å². The summed E-state index contributed by atoms with van der Waals surface area (Å²) >= 11 is 5.39. The van der Waals surface area contributed by atoms with Gasteiger partial charge in [0.2, 0.25) is 0 Å². The SMILES string of the molecule is CNC(C)c1cc(Br)ccc1N(Cc1ccsc1)C1CC1. The number of hydrogen-bond acceptors (Lipinski definition) is 3. The third kappa shape index (κ3) is 3.50. The number of benzene rings is 1. The molecule has 1 saturated carbocycles. The van der Waals surface area contributed by atoms with E-state index < -0.39 is 0 Å². The Morgan fingerprint density at radius 1 is 1.38 bits per heavy atom. The molecule has 1 N–H and O–H groups in total. The van der Waals surface area contributed by atoms with Crippen molar-refractivity contribution in [1.29, 1.82) is 0 Å². The summed E-state index contributed by atoms with van der Waals surface area (Å²) in [7, 11) is 2.02. The molecule has 3 rings (SSSR count). The maximum atomic E-state index is 3.61. The van der Waals surface area contributed by atoms with E-state index in [1.165, 1.54) is 29.7 Å². The van der Waals surface area contributed by atoms with Crippen molar-refractivity contribution in [1.82, 2.24) is 5.32 Å². The van der Waals surface area contributed by atoms with Crippen molar-refractivity contribution < 1.29 is 0 Å². The zero-order chi connectivity index (χ0) is 14.8. The Bertz CT molecular complexity index is 593. The Hall–Kier alpha value is -0.840. The van der Waals surface area contributed by atoms with E-state index in [1.807, 2.05) is 7.05 Å². The van der Waals surface area contributed by atoms with Crippen LogP contribution in [0.4, 0.5) is 5.69 Å². The lowest BCUT2D eigenvalue weighted by Crippen LogP contribution is -2.27. The summed E-state index contributed by atoms with van der Waals surface area (Å²) < 4.78 is 1.15. The topological polar surface area (TPSA) is 15.3 Å². The van der Waals surface area contributed by atoms with Crippen LogP contribution in [0.3, 0.4) is 0 Å². The highest BCUT2D eigenvalue weighted by molar-refractivity contribution is 9.10. The van der Waals surface area contributed by atoms with Crippen molar-refractivity contribution in [3.8, 4) is 0 Å². The van der Waals surface area contributed by atoms with Gasteiger partial charge in [-0.1, -0.05) is 15.9 Å². The van der Waals surface area contributed by atoms with Crippen LogP contribution in [0, 0.1) is 0 Å². The minimum Gasteiger partial charge on any atom is -0.364 e. The van der Waals surface area contributed by atoms with E-state index in [1.54, 1.807) is 11.3 Å². The van der Waals surface area contributed by atoms with Crippen molar-refractivity contribution in [3.63, 3.8) is 0 Å². The van der Waals surface area contributed by atoms with Gasteiger partial charge in [0.1, 0.15) is 0 Å². The molecule has 0 radical (unpaired) electrons. The Morgan fingerprint density at radius 2 is 2.19 bits per heavy atom. The summed E-state index contributed by atoms with van der Waals surface area (Å²) in [5.74, 6) is 0. The van der Waals surface area contributed by atoms with Crippen molar-refractivity contribution >= 4 is 33.0 Å². The second-order valence-electron chi connectivity index (χ2n) is 5.70. The zero-order valence-electron chi connectivity index (χ0n) is 12.5. The average molecular weight is 365 g/mol. The van der Waals surface area contributed by atoms with Gasteiger partial charge in [0.05, 0.1) is 0 Å². The molecule has 112 valence electrons. The van der Waals surface area contributed by atoms with Crippen LogP contribution in [0.2, 0.25) is 0 Å². The minimum absolute atomic E-state index is 0.348. The van der Waals surface area contributed by atoms with E-state index in [4.69, 9.17) is 0 Å². The Labute approximate surface area is 139 Å². The molecule has 0 saturated heterocycles. The lowest BCUT2D eigenvalue weighted by molar-refractivity contribution is 0.645. The lowest BCUT2D eigenvalue weighted by Gasteiger charge is -2.29. The summed E-state index contributed by atoms with van der Waals surface area (Å²) in [4.78, 5) is 2.58. The number of nitrogens with one attached hydrogen (secondary N) is 1. The van der Waals surface area contributed by atoms with E-state index in [-0.39, 0.29) is 0 Å². The van der Waals surface area contributed by atoms with Crippen LogP contribution < -0.4 is 10.2 Å². The van der Waals surface area contributed by atoms with E-state index in [0.717, 1.165) is 11.0 Å². The number of thiophene rings is 1. The number of anilines is 1. The third-order valence-corrected chi connectivity index (χ3v) is 5.34. The molecule has 1 aromatic carbocycles. The second-order valence-corrected chi connectivity index (χ2v) is 7.40. The Kier molecular flexibility index (Phi) is 4.67.